The number of benzene rings is 2. The maximum Gasteiger partial charge on any atom is 0.220 e. The van der Waals surface area contributed by atoms with Gasteiger partial charge >= 0.3 is 0 Å². The Hall–Kier alpha value is -2.33. The van der Waals surface area contributed by atoms with Gasteiger partial charge in [0.05, 0.1) is 7.11 Å². The fourth-order valence-corrected chi connectivity index (χ4v) is 2.67. The molecule has 0 aliphatic rings. The van der Waals surface area contributed by atoms with Crippen molar-refractivity contribution >= 4 is 5.91 Å². The summed E-state index contributed by atoms with van der Waals surface area (Å²) in [5.74, 6) is 0.970. The molecule has 3 N–H and O–H groups in total. The number of ether oxygens (including phenoxy) is 1. The highest BCUT2D eigenvalue weighted by molar-refractivity contribution is 5.75. The minimum Gasteiger partial charge on any atom is -0.497 e. The Morgan fingerprint density at radius 3 is 2.12 bits per heavy atom. The Morgan fingerprint density at radius 1 is 0.920 bits per heavy atom. The standard InChI is InChI=1S/C21H28N2O2/c1-25-20-13-11-19(12-14-20)18-9-7-17(8-10-18)16-23-21(24)6-4-2-3-5-15-22/h7-14H,2-6,15-16,22H2,1H3,(H,23,24). The zero-order chi connectivity index (χ0) is 17.9. The van der Waals surface area contributed by atoms with E-state index in [1.54, 1.807) is 7.11 Å². The van der Waals surface area contributed by atoms with Crippen LogP contribution in [-0.2, 0) is 11.3 Å². The molecule has 1 amide bonds. The summed E-state index contributed by atoms with van der Waals surface area (Å²) >= 11 is 0. The van der Waals surface area contributed by atoms with Gasteiger partial charge in [-0.2, -0.15) is 0 Å². The molecule has 0 aliphatic heterocycles. The number of amides is 1. The first-order valence-electron chi connectivity index (χ1n) is 8.93. The fourth-order valence-electron chi connectivity index (χ4n) is 2.67. The minimum atomic E-state index is 0.118. The summed E-state index contributed by atoms with van der Waals surface area (Å²) < 4.78 is 5.18. The summed E-state index contributed by atoms with van der Waals surface area (Å²) in [6.07, 6.45) is 4.75. The zero-order valence-corrected chi connectivity index (χ0v) is 15.0. The van der Waals surface area contributed by atoms with Gasteiger partial charge < -0.3 is 15.8 Å². The topological polar surface area (TPSA) is 64.3 Å². The van der Waals surface area contributed by atoms with Crippen molar-refractivity contribution in [1.29, 1.82) is 0 Å². The average molecular weight is 340 g/mol. The lowest BCUT2D eigenvalue weighted by atomic mass is 10.0. The van der Waals surface area contributed by atoms with Crippen molar-refractivity contribution in [3.63, 3.8) is 0 Å². The van der Waals surface area contributed by atoms with Crippen LogP contribution in [0.3, 0.4) is 0 Å². The molecule has 0 bridgehead atoms. The van der Waals surface area contributed by atoms with Crippen LogP contribution in [0.5, 0.6) is 5.75 Å². The molecule has 4 heteroatoms. The average Bonchev–Trinajstić information content (AvgIpc) is 2.67. The molecule has 0 aliphatic carbocycles. The van der Waals surface area contributed by atoms with Gasteiger partial charge in [0, 0.05) is 13.0 Å². The van der Waals surface area contributed by atoms with Crippen molar-refractivity contribution in [2.24, 2.45) is 5.73 Å². The number of carbonyl (C=O) groups excluding carboxylic acids is 1. The molecule has 2 rings (SSSR count). The molecule has 0 radical (unpaired) electrons. The second-order valence-corrected chi connectivity index (χ2v) is 6.16. The van der Waals surface area contributed by atoms with E-state index in [9.17, 15) is 4.79 Å². The van der Waals surface area contributed by atoms with E-state index in [0.29, 0.717) is 13.0 Å². The van der Waals surface area contributed by atoms with Crippen LogP contribution >= 0.6 is 0 Å². The molecule has 2 aromatic carbocycles. The molecule has 4 nitrogen and oxygen atoms in total. The minimum absolute atomic E-state index is 0.118. The van der Waals surface area contributed by atoms with E-state index in [4.69, 9.17) is 10.5 Å². The molecule has 0 spiro atoms. The molecule has 0 fully saturated rings. The number of nitrogens with two attached hydrogens (primary N) is 1. The molecule has 0 saturated heterocycles. The molecule has 0 heterocycles. The maximum absolute atomic E-state index is 11.9. The third kappa shape index (κ3) is 6.59. The predicted molar refractivity (Wildman–Crippen MR) is 102 cm³/mol. The lowest BCUT2D eigenvalue weighted by Crippen LogP contribution is -2.22. The lowest BCUT2D eigenvalue weighted by molar-refractivity contribution is -0.121. The zero-order valence-electron chi connectivity index (χ0n) is 15.0. The van der Waals surface area contributed by atoms with Crippen molar-refractivity contribution < 1.29 is 9.53 Å². The summed E-state index contributed by atoms with van der Waals surface area (Å²) in [4.78, 5) is 11.9. The number of methoxy groups -OCH3 is 1. The number of unbranched alkanes of at least 4 members (excludes halogenated alkanes) is 3. The predicted octanol–water partition coefficient (Wildman–Crippen LogP) is 3.89. The Morgan fingerprint density at radius 2 is 1.52 bits per heavy atom. The van der Waals surface area contributed by atoms with Crippen LogP contribution in [0, 0.1) is 0 Å². The van der Waals surface area contributed by atoms with Crippen LogP contribution in [-0.4, -0.2) is 19.6 Å². The largest absolute Gasteiger partial charge is 0.497 e. The molecule has 25 heavy (non-hydrogen) atoms. The number of rotatable bonds is 10. The number of hydrogen-bond acceptors (Lipinski definition) is 3. The van der Waals surface area contributed by atoms with Gasteiger partial charge in [0.25, 0.3) is 0 Å². The van der Waals surface area contributed by atoms with E-state index in [-0.39, 0.29) is 5.91 Å². The van der Waals surface area contributed by atoms with E-state index in [0.717, 1.165) is 54.7 Å². The van der Waals surface area contributed by atoms with Crippen molar-refractivity contribution in [1.82, 2.24) is 5.32 Å². The molecule has 0 saturated carbocycles. The number of carbonyl (C=O) groups is 1. The summed E-state index contributed by atoms with van der Waals surface area (Å²) in [5.41, 5.74) is 8.86. The Kier molecular flexibility index (Phi) is 7.99. The molecular formula is C21H28N2O2. The lowest BCUT2D eigenvalue weighted by Gasteiger charge is -2.07. The Balaban J connectivity index is 1.77. The van der Waals surface area contributed by atoms with Crippen LogP contribution in [0.15, 0.2) is 48.5 Å². The first-order chi connectivity index (χ1) is 12.2. The van der Waals surface area contributed by atoms with E-state index in [2.05, 4.69) is 29.6 Å². The van der Waals surface area contributed by atoms with Gasteiger partial charge in [0.1, 0.15) is 5.75 Å². The summed E-state index contributed by atoms with van der Waals surface area (Å²) in [5, 5.41) is 2.98. The quantitative estimate of drug-likeness (QED) is 0.645. The summed E-state index contributed by atoms with van der Waals surface area (Å²) in [6.45, 7) is 1.31. The normalized spacial score (nSPS) is 10.5. The van der Waals surface area contributed by atoms with Crippen LogP contribution < -0.4 is 15.8 Å². The molecule has 134 valence electrons. The smallest absolute Gasteiger partial charge is 0.220 e. The number of hydrogen-bond donors (Lipinski definition) is 2. The summed E-state index contributed by atoms with van der Waals surface area (Å²) in [6, 6.07) is 16.3. The fraction of sp³-hybridized carbons (Fsp3) is 0.381. The Labute approximate surface area is 150 Å². The van der Waals surface area contributed by atoms with Gasteiger partial charge in [0.2, 0.25) is 5.91 Å². The van der Waals surface area contributed by atoms with Gasteiger partial charge in [-0.1, -0.05) is 49.2 Å². The second kappa shape index (κ2) is 10.5. The summed E-state index contributed by atoms with van der Waals surface area (Å²) in [7, 11) is 1.66. The highest BCUT2D eigenvalue weighted by atomic mass is 16.5. The van der Waals surface area contributed by atoms with Crippen molar-refractivity contribution in [2.45, 2.75) is 38.6 Å². The van der Waals surface area contributed by atoms with Crippen LogP contribution in [0.25, 0.3) is 11.1 Å². The van der Waals surface area contributed by atoms with Gasteiger partial charge in [0.15, 0.2) is 0 Å². The van der Waals surface area contributed by atoms with E-state index in [1.165, 1.54) is 0 Å². The Bertz CT molecular complexity index is 636. The SMILES string of the molecule is COc1ccc(-c2ccc(CNC(=O)CCCCCCN)cc2)cc1. The van der Waals surface area contributed by atoms with E-state index < -0.39 is 0 Å². The van der Waals surface area contributed by atoms with Gasteiger partial charge in [-0.3, -0.25) is 4.79 Å². The molecular weight excluding hydrogens is 312 g/mol. The van der Waals surface area contributed by atoms with Crippen LogP contribution in [0.2, 0.25) is 0 Å². The van der Waals surface area contributed by atoms with Gasteiger partial charge in [-0.25, -0.2) is 0 Å². The first-order valence-corrected chi connectivity index (χ1v) is 8.93. The second-order valence-electron chi connectivity index (χ2n) is 6.16. The monoisotopic (exact) mass is 340 g/mol. The molecule has 2 aromatic rings. The highest BCUT2D eigenvalue weighted by Crippen LogP contribution is 2.22. The number of nitrogens with one attached hydrogen (secondary N) is 1. The van der Waals surface area contributed by atoms with Crippen molar-refractivity contribution in [3.8, 4) is 16.9 Å². The molecule has 0 unspecified atom stereocenters. The van der Waals surface area contributed by atoms with Crippen molar-refractivity contribution in [3.05, 3.63) is 54.1 Å². The van der Waals surface area contributed by atoms with Gasteiger partial charge in [-0.15, -0.1) is 0 Å². The van der Waals surface area contributed by atoms with E-state index in [1.807, 2.05) is 24.3 Å². The third-order valence-corrected chi connectivity index (χ3v) is 4.22. The first kappa shape index (κ1) is 19.0. The van der Waals surface area contributed by atoms with E-state index >= 15 is 0 Å². The van der Waals surface area contributed by atoms with Gasteiger partial charge in [-0.05, 0) is 48.2 Å². The maximum atomic E-state index is 11.9. The highest BCUT2D eigenvalue weighted by Gasteiger charge is 2.03. The van der Waals surface area contributed by atoms with Crippen LogP contribution in [0.1, 0.15) is 37.7 Å². The third-order valence-electron chi connectivity index (χ3n) is 4.22. The molecule has 0 aromatic heterocycles. The van der Waals surface area contributed by atoms with Crippen molar-refractivity contribution in [2.75, 3.05) is 13.7 Å². The van der Waals surface area contributed by atoms with Crippen LogP contribution in [0.4, 0.5) is 0 Å². The molecule has 0 atom stereocenters.